The first-order valence-electron chi connectivity index (χ1n) is 13.3. The molecule has 1 unspecified atom stereocenters. The van der Waals surface area contributed by atoms with Crippen molar-refractivity contribution in [2.45, 2.75) is 49.5 Å². The topological polar surface area (TPSA) is 109 Å². The third-order valence-electron chi connectivity index (χ3n) is 6.99. The number of rotatable bonds is 12. The van der Waals surface area contributed by atoms with Crippen LogP contribution >= 0.6 is 11.6 Å². The highest BCUT2D eigenvalue weighted by Crippen LogP contribution is 2.30. The summed E-state index contributed by atoms with van der Waals surface area (Å²) in [6.45, 7) is -1.13. The van der Waals surface area contributed by atoms with Crippen molar-refractivity contribution in [3.63, 3.8) is 0 Å². The van der Waals surface area contributed by atoms with Crippen LogP contribution in [0.1, 0.15) is 41.7 Å². The number of halogens is 3. The van der Waals surface area contributed by atoms with Gasteiger partial charge in [-0.3, -0.25) is 4.79 Å². The van der Waals surface area contributed by atoms with Gasteiger partial charge in [-0.05, 0) is 66.2 Å². The zero-order chi connectivity index (χ0) is 30.3. The van der Waals surface area contributed by atoms with Gasteiger partial charge in [0.25, 0.3) is 5.91 Å². The number of hydrogen-bond acceptors (Lipinski definition) is 7. The second-order valence-electron chi connectivity index (χ2n) is 9.74. The highest BCUT2D eigenvalue weighted by Gasteiger charge is 2.34. The smallest absolute Gasteiger partial charge is 0.345 e. The number of anilines is 1. The molecule has 12 heteroatoms. The first-order chi connectivity index (χ1) is 20.1. The Kier molecular flexibility index (Phi) is 10.4. The number of nitrogens with one attached hydrogen (secondary N) is 1. The fourth-order valence-corrected chi connectivity index (χ4v) is 5.80. The molecule has 3 aromatic rings. The minimum absolute atomic E-state index is 0.0156. The number of nitrogens with zero attached hydrogens (tertiary/aromatic N) is 2. The van der Waals surface area contributed by atoms with Crippen LogP contribution in [0.15, 0.2) is 77.7 Å². The molecule has 1 aliphatic heterocycles. The largest absolute Gasteiger partial charge is 0.489 e. The lowest BCUT2D eigenvalue weighted by Crippen LogP contribution is -2.34. The minimum Gasteiger partial charge on any atom is -0.489 e. The molecular formula is C30H30ClF2N3O5S. The van der Waals surface area contributed by atoms with Gasteiger partial charge >= 0.3 is 6.61 Å². The SMILES string of the molecule is CCS(=O)(=O)c1ccc([C@H](CC#N)NC(=O)c2ccc(N3CC(Oc4ccc(Cl)cc4)C[C@H]3COC(F)F)cc2)cc1. The van der Waals surface area contributed by atoms with Gasteiger partial charge in [-0.15, -0.1) is 0 Å². The Hall–Kier alpha value is -3.72. The van der Waals surface area contributed by atoms with Gasteiger partial charge in [0, 0.05) is 22.7 Å². The maximum atomic E-state index is 13.1. The Bertz CT molecular complexity index is 1500. The van der Waals surface area contributed by atoms with E-state index in [1.54, 1.807) is 67.6 Å². The van der Waals surface area contributed by atoms with Crippen molar-refractivity contribution >= 4 is 33.0 Å². The van der Waals surface area contributed by atoms with Gasteiger partial charge in [0.15, 0.2) is 9.84 Å². The summed E-state index contributed by atoms with van der Waals surface area (Å²) in [6, 6.07) is 20.7. The van der Waals surface area contributed by atoms with Gasteiger partial charge in [-0.2, -0.15) is 14.0 Å². The molecule has 0 radical (unpaired) electrons. The molecule has 4 rings (SSSR count). The van der Waals surface area contributed by atoms with E-state index in [9.17, 15) is 27.3 Å². The molecule has 1 aliphatic rings. The molecule has 1 amide bonds. The third-order valence-corrected chi connectivity index (χ3v) is 8.99. The predicted molar refractivity (Wildman–Crippen MR) is 155 cm³/mol. The average molecular weight is 618 g/mol. The zero-order valence-electron chi connectivity index (χ0n) is 22.8. The zero-order valence-corrected chi connectivity index (χ0v) is 24.3. The van der Waals surface area contributed by atoms with Crippen LogP contribution in [0.25, 0.3) is 0 Å². The van der Waals surface area contributed by atoms with Crippen LogP contribution in [0.2, 0.25) is 5.02 Å². The number of nitriles is 1. The Morgan fingerprint density at radius 2 is 1.76 bits per heavy atom. The molecule has 1 heterocycles. The van der Waals surface area contributed by atoms with E-state index in [2.05, 4.69) is 16.1 Å². The third kappa shape index (κ3) is 7.97. The van der Waals surface area contributed by atoms with Crippen LogP contribution in [-0.4, -0.2) is 52.0 Å². The molecule has 0 saturated carbocycles. The number of carbonyl (C=O) groups is 1. The molecule has 0 aromatic heterocycles. The van der Waals surface area contributed by atoms with E-state index in [0.29, 0.717) is 40.6 Å². The monoisotopic (exact) mass is 617 g/mol. The average Bonchev–Trinajstić information content (AvgIpc) is 3.39. The van der Waals surface area contributed by atoms with E-state index in [-0.39, 0.29) is 35.8 Å². The molecule has 3 aromatic carbocycles. The van der Waals surface area contributed by atoms with Gasteiger partial charge in [0.2, 0.25) is 0 Å². The number of ether oxygens (including phenoxy) is 2. The van der Waals surface area contributed by atoms with Crippen LogP contribution in [-0.2, 0) is 14.6 Å². The van der Waals surface area contributed by atoms with Gasteiger partial charge < -0.3 is 19.7 Å². The number of benzene rings is 3. The highest BCUT2D eigenvalue weighted by atomic mass is 35.5. The number of amides is 1. The van der Waals surface area contributed by atoms with Gasteiger partial charge in [-0.1, -0.05) is 30.7 Å². The van der Waals surface area contributed by atoms with Crippen LogP contribution < -0.4 is 15.0 Å². The quantitative estimate of drug-likeness (QED) is 0.274. The maximum Gasteiger partial charge on any atom is 0.345 e. The molecule has 222 valence electrons. The minimum atomic E-state index is -3.38. The molecular weight excluding hydrogens is 588 g/mol. The summed E-state index contributed by atoms with van der Waals surface area (Å²) in [6.07, 6.45) is 0.148. The van der Waals surface area contributed by atoms with Gasteiger partial charge in [-0.25, -0.2) is 8.42 Å². The lowest BCUT2D eigenvalue weighted by atomic mass is 10.0. The summed E-state index contributed by atoms with van der Waals surface area (Å²) in [7, 11) is -3.38. The summed E-state index contributed by atoms with van der Waals surface area (Å²) in [5, 5.41) is 12.7. The normalized spacial score (nSPS) is 17.6. The molecule has 1 fully saturated rings. The molecule has 0 aliphatic carbocycles. The lowest BCUT2D eigenvalue weighted by Gasteiger charge is -2.26. The molecule has 42 heavy (non-hydrogen) atoms. The lowest BCUT2D eigenvalue weighted by molar-refractivity contribution is -0.131. The number of hydrogen-bond donors (Lipinski definition) is 1. The van der Waals surface area contributed by atoms with E-state index in [0.717, 1.165) is 0 Å². The Morgan fingerprint density at radius 1 is 1.10 bits per heavy atom. The molecule has 1 N–H and O–H groups in total. The van der Waals surface area contributed by atoms with Crippen molar-refractivity contribution < 1.29 is 31.5 Å². The predicted octanol–water partition coefficient (Wildman–Crippen LogP) is 5.78. The van der Waals surface area contributed by atoms with Crippen molar-refractivity contribution in [2.75, 3.05) is 23.8 Å². The fourth-order valence-electron chi connectivity index (χ4n) is 4.79. The Balaban J connectivity index is 1.46. The van der Waals surface area contributed by atoms with Gasteiger partial charge in [0.1, 0.15) is 11.9 Å². The van der Waals surface area contributed by atoms with Crippen molar-refractivity contribution in [1.29, 1.82) is 5.26 Å². The summed E-state index contributed by atoms with van der Waals surface area (Å²) in [5.41, 5.74) is 1.64. The van der Waals surface area contributed by atoms with Crippen molar-refractivity contribution in [3.8, 4) is 11.8 Å². The Morgan fingerprint density at radius 3 is 2.36 bits per heavy atom. The van der Waals surface area contributed by atoms with Gasteiger partial charge in [0.05, 0.1) is 48.4 Å². The molecule has 1 saturated heterocycles. The summed E-state index contributed by atoms with van der Waals surface area (Å²) < 4.78 is 60.6. The van der Waals surface area contributed by atoms with E-state index in [1.165, 1.54) is 12.1 Å². The van der Waals surface area contributed by atoms with Crippen LogP contribution in [0.4, 0.5) is 14.5 Å². The van der Waals surface area contributed by atoms with E-state index in [4.69, 9.17) is 16.3 Å². The van der Waals surface area contributed by atoms with E-state index < -0.39 is 28.4 Å². The first-order valence-corrected chi connectivity index (χ1v) is 15.3. The number of carbonyl (C=O) groups excluding carboxylic acids is 1. The Labute approximate surface area is 248 Å². The van der Waals surface area contributed by atoms with Crippen LogP contribution in [0, 0.1) is 11.3 Å². The first kappa shape index (κ1) is 31.2. The van der Waals surface area contributed by atoms with E-state index >= 15 is 0 Å². The second kappa shape index (κ2) is 14.0. The van der Waals surface area contributed by atoms with Crippen LogP contribution in [0.5, 0.6) is 5.75 Å². The summed E-state index contributed by atoms with van der Waals surface area (Å²) in [5.74, 6) is 0.157. The fraction of sp³-hybridized carbons (Fsp3) is 0.333. The van der Waals surface area contributed by atoms with Crippen molar-refractivity contribution in [2.24, 2.45) is 0 Å². The second-order valence-corrected chi connectivity index (χ2v) is 12.5. The highest BCUT2D eigenvalue weighted by molar-refractivity contribution is 7.91. The van der Waals surface area contributed by atoms with Crippen molar-refractivity contribution in [3.05, 3.63) is 88.9 Å². The molecule has 8 nitrogen and oxygen atoms in total. The standard InChI is InChI=1S/C30H30ClF2N3O5S/c1-2-42(38,39)27-13-5-20(6-14-27)28(15-16-34)35-29(37)21-3-9-23(10-4-21)36-18-26(17-24(36)19-40-30(32)33)41-25-11-7-22(31)8-12-25/h3-14,24,26,28,30H,2,15,17-19H2,1H3,(H,35,37)/t24-,26?,28-/m0/s1. The number of sulfone groups is 1. The summed E-state index contributed by atoms with van der Waals surface area (Å²) in [4.78, 5) is 15.2. The maximum absolute atomic E-state index is 13.1. The molecule has 0 bridgehead atoms. The summed E-state index contributed by atoms with van der Waals surface area (Å²) >= 11 is 5.95. The molecule has 3 atom stereocenters. The van der Waals surface area contributed by atoms with E-state index in [1.807, 2.05) is 4.90 Å². The van der Waals surface area contributed by atoms with Crippen LogP contribution in [0.3, 0.4) is 0 Å². The number of alkyl halides is 2. The van der Waals surface area contributed by atoms with Crippen molar-refractivity contribution in [1.82, 2.24) is 5.32 Å². The molecule has 0 spiro atoms.